The Morgan fingerprint density at radius 3 is 0.872 bits per heavy atom. The zero-order valence-electron chi connectivity index (χ0n) is 49.8. The maximum atomic E-state index is 12.9. The molecule has 5 atom stereocenters. The maximum Gasteiger partial charge on any atom is 0.472 e. The highest BCUT2D eigenvalue weighted by atomic mass is 31.2. The molecule has 0 aliphatic rings. The summed E-state index contributed by atoms with van der Waals surface area (Å²) in [4.78, 5) is 71.6. The minimum absolute atomic E-state index is 0.104. The molecule has 0 radical (unpaired) electrons. The molecule has 0 amide bonds. The second kappa shape index (κ2) is 53.1. The van der Waals surface area contributed by atoms with Crippen LogP contribution in [-0.2, 0) is 65.4 Å². The van der Waals surface area contributed by atoms with E-state index in [1.54, 1.807) is 0 Å². The summed E-state index contributed by atoms with van der Waals surface area (Å²) in [5, 5.41) is 10.5. The number of aliphatic hydroxyl groups excluding tert-OH is 1. The molecule has 0 saturated carbocycles. The van der Waals surface area contributed by atoms with Crippen molar-refractivity contribution < 1.29 is 80.2 Å². The van der Waals surface area contributed by atoms with Crippen molar-refractivity contribution in [3.63, 3.8) is 0 Å². The molecule has 2 unspecified atom stereocenters. The van der Waals surface area contributed by atoms with Crippen LogP contribution in [-0.4, -0.2) is 96.7 Å². The highest BCUT2D eigenvalue weighted by molar-refractivity contribution is 7.47. The Bertz CT molecular complexity index is 1530. The molecular weight excluding hydrogens is 1040 g/mol. The summed E-state index contributed by atoms with van der Waals surface area (Å²) in [6.07, 6.45) is 35.4. The summed E-state index contributed by atoms with van der Waals surface area (Å²) in [5.41, 5.74) is 0. The zero-order valence-corrected chi connectivity index (χ0v) is 51.6. The number of phosphoric ester groups is 2. The lowest BCUT2D eigenvalue weighted by atomic mass is 10.0. The van der Waals surface area contributed by atoms with Gasteiger partial charge in [0.2, 0.25) is 0 Å². The van der Waals surface area contributed by atoms with Gasteiger partial charge in [0.25, 0.3) is 0 Å². The number of hydrogen-bond acceptors (Lipinski definition) is 15. The van der Waals surface area contributed by atoms with Gasteiger partial charge in [-0.3, -0.25) is 37.3 Å². The topological polar surface area (TPSA) is 237 Å². The van der Waals surface area contributed by atoms with Crippen molar-refractivity contribution >= 4 is 39.5 Å². The van der Waals surface area contributed by atoms with Gasteiger partial charge >= 0.3 is 39.5 Å². The van der Waals surface area contributed by atoms with Gasteiger partial charge in [-0.15, -0.1) is 0 Å². The molecule has 19 heteroatoms. The number of aliphatic hydroxyl groups is 1. The number of unbranched alkanes of at least 4 members (excludes halogenated alkanes) is 31. The van der Waals surface area contributed by atoms with Crippen molar-refractivity contribution in [1.29, 1.82) is 0 Å². The van der Waals surface area contributed by atoms with Crippen molar-refractivity contribution in [2.45, 2.75) is 310 Å². The minimum Gasteiger partial charge on any atom is -0.462 e. The van der Waals surface area contributed by atoms with E-state index in [4.69, 9.17) is 37.0 Å². The van der Waals surface area contributed by atoms with Gasteiger partial charge in [-0.2, -0.15) is 0 Å². The SMILES string of the molecule is CCCCCCCCCCCCCCCCCCC(=O)O[C@H](COC(=O)CCCCCCCCC(C)C)COP(=O)(O)OC[C@@H](O)COP(=O)(O)OC[C@@H](COC(=O)CCCCCCC)OC(=O)CCCCCCCCCC. The van der Waals surface area contributed by atoms with Crippen LogP contribution in [0.2, 0.25) is 0 Å². The van der Waals surface area contributed by atoms with E-state index in [0.717, 1.165) is 109 Å². The van der Waals surface area contributed by atoms with Crippen LogP contribution in [0.3, 0.4) is 0 Å². The van der Waals surface area contributed by atoms with E-state index in [-0.39, 0.29) is 25.7 Å². The Kier molecular flexibility index (Phi) is 51.8. The fourth-order valence-electron chi connectivity index (χ4n) is 8.70. The van der Waals surface area contributed by atoms with E-state index in [9.17, 15) is 43.2 Å². The first-order valence-corrected chi connectivity index (χ1v) is 34.1. The first-order chi connectivity index (χ1) is 37.5. The molecule has 0 aromatic rings. The Morgan fingerprint density at radius 2 is 0.590 bits per heavy atom. The number of esters is 4. The fraction of sp³-hybridized carbons (Fsp3) is 0.932. The van der Waals surface area contributed by atoms with Crippen LogP contribution < -0.4 is 0 Å². The van der Waals surface area contributed by atoms with Gasteiger partial charge in [0.15, 0.2) is 12.2 Å². The predicted octanol–water partition coefficient (Wildman–Crippen LogP) is 15.8. The lowest BCUT2D eigenvalue weighted by Crippen LogP contribution is -2.30. The Labute approximate surface area is 473 Å². The molecule has 3 N–H and O–H groups in total. The summed E-state index contributed by atoms with van der Waals surface area (Å²) >= 11 is 0. The van der Waals surface area contributed by atoms with Gasteiger partial charge in [-0.25, -0.2) is 9.13 Å². The molecule has 0 saturated heterocycles. The molecule has 0 bridgehead atoms. The fourth-order valence-corrected chi connectivity index (χ4v) is 10.3. The highest BCUT2D eigenvalue weighted by Crippen LogP contribution is 2.45. The van der Waals surface area contributed by atoms with Crippen LogP contribution in [0, 0.1) is 5.92 Å². The van der Waals surface area contributed by atoms with Gasteiger partial charge in [0.1, 0.15) is 19.3 Å². The second-order valence-corrected chi connectivity index (χ2v) is 24.8. The largest absolute Gasteiger partial charge is 0.472 e. The third kappa shape index (κ3) is 53.4. The van der Waals surface area contributed by atoms with Crippen LogP contribution in [0.15, 0.2) is 0 Å². The minimum atomic E-state index is -4.94. The number of hydrogen-bond donors (Lipinski definition) is 3. The van der Waals surface area contributed by atoms with Crippen LogP contribution in [0.5, 0.6) is 0 Å². The molecule has 0 fully saturated rings. The normalized spacial score (nSPS) is 14.4. The average molecular weight is 1160 g/mol. The van der Waals surface area contributed by atoms with Crippen molar-refractivity contribution in [2.24, 2.45) is 5.92 Å². The maximum absolute atomic E-state index is 12.9. The molecule has 0 rings (SSSR count). The van der Waals surface area contributed by atoms with E-state index >= 15 is 0 Å². The quantitative estimate of drug-likeness (QED) is 0.0222. The lowest BCUT2D eigenvalue weighted by molar-refractivity contribution is -0.161. The van der Waals surface area contributed by atoms with E-state index in [1.165, 1.54) is 96.3 Å². The van der Waals surface area contributed by atoms with E-state index in [2.05, 4.69) is 34.6 Å². The van der Waals surface area contributed by atoms with Crippen LogP contribution in [0.1, 0.15) is 291 Å². The summed E-state index contributed by atoms with van der Waals surface area (Å²) < 4.78 is 67.5. The summed E-state index contributed by atoms with van der Waals surface area (Å²) in [6, 6.07) is 0. The number of carbonyl (C=O) groups excluding carboxylic acids is 4. The Morgan fingerprint density at radius 1 is 0.346 bits per heavy atom. The van der Waals surface area contributed by atoms with Gasteiger partial charge in [0.05, 0.1) is 26.4 Å². The van der Waals surface area contributed by atoms with Crippen molar-refractivity contribution in [3.8, 4) is 0 Å². The van der Waals surface area contributed by atoms with Crippen LogP contribution in [0.25, 0.3) is 0 Å². The summed E-state index contributed by atoms with van der Waals surface area (Å²) in [5.74, 6) is -1.48. The Balaban J connectivity index is 5.13. The van der Waals surface area contributed by atoms with Crippen molar-refractivity contribution in [3.05, 3.63) is 0 Å². The molecule has 462 valence electrons. The smallest absolute Gasteiger partial charge is 0.462 e. The Hall–Kier alpha value is -1.94. The molecule has 78 heavy (non-hydrogen) atoms. The lowest BCUT2D eigenvalue weighted by Gasteiger charge is -2.21. The highest BCUT2D eigenvalue weighted by Gasteiger charge is 2.30. The second-order valence-electron chi connectivity index (χ2n) is 21.9. The van der Waals surface area contributed by atoms with Gasteiger partial charge in [0, 0.05) is 25.7 Å². The van der Waals surface area contributed by atoms with Crippen molar-refractivity contribution in [1.82, 2.24) is 0 Å². The van der Waals surface area contributed by atoms with E-state index in [0.29, 0.717) is 31.6 Å². The summed E-state index contributed by atoms with van der Waals surface area (Å²) in [7, 11) is -9.86. The van der Waals surface area contributed by atoms with E-state index in [1.807, 2.05) is 0 Å². The number of carbonyl (C=O) groups is 4. The third-order valence-corrected chi connectivity index (χ3v) is 15.4. The zero-order chi connectivity index (χ0) is 57.8. The molecule has 0 aromatic carbocycles. The number of ether oxygens (including phenoxy) is 4. The predicted molar refractivity (Wildman–Crippen MR) is 308 cm³/mol. The number of phosphoric acid groups is 2. The first-order valence-electron chi connectivity index (χ1n) is 31.1. The van der Waals surface area contributed by atoms with Gasteiger partial charge in [-0.1, -0.05) is 240 Å². The monoisotopic (exact) mass is 1160 g/mol. The average Bonchev–Trinajstić information content (AvgIpc) is 3.40. The van der Waals surface area contributed by atoms with Crippen LogP contribution in [0.4, 0.5) is 0 Å². The number of rotatable bonds is 59. The molecule has 0 aromatic heterocycles. The molecule has 17 nitrogen and oxygen atoms in total. The van der Waals surface area contributed by atoms with Crippen molar-refractivity contribution in [2.75, 3.05) is 39.6 Å². The molecule has 0 spiro atoms. The summed E-state index contributed by atoms with van der Waals surface area (Å²) in [6.45, 7) is 6.96. The van der Waals surface area contributed by atoms with Crippen LogP contribution >= 0.6 is 15.6 Å². The van der Waals surface area contributed by atoms with E-state index < -0.39 is 97.5 Å². The molecule has 0 aliphatic carbocycles. The first kappa shape index (κ1) is 76.1. The molecular formula is C59H114O17P2. The third-order valence-electron chi connectivity index (χ3n) is 13.5. The molecule has 0 heterocycles. The van der Waals surface area contributed by atoms with Gasteiger partial charge < -0.3 is 33.8 Å². The molecule has 0 aliphatic heterocycles. The standard InChI is InChI=1S/C59H114O17P2/c1-6-9-12-15-17-19-20-21-22-23-24-25-26-28-35-40-45-59(64)76-55(49-70-57(62)43-38-33-30-29-32-36-41-52(4)5)51-74-78(67,68)72-47-53(60)46-71-77(65,66)73-50-54(48-69-56(61)42-37-31-14-11-8-3)75-58(63)44-39-34-27-18-16-13-10-7-2/h52-55,60H,6-51H2,1-5H3,(H,65,66)(H,67,68)/t53-,54+,55+/m0/s1. The van der Waals surface area contributed by atoms with Gasteiger partial charge in [-0.05, 0) is 31.6 Å².